The Morgan fingerprint density at radius 2 is 1.89 bits per heavy atom. The summed E-state index contributed by atoms with van der Waals surface area (Å²) >= 11 is 1.85. The second-order valence-electron chi connectivity index (χ2n) is 5.09. The molecule has 0 fully saturated rings. The van der Waals surface area contributed by atoms with E-state index in [1.807, 2.05) is 11.3 Å². The quantitative estimate of drug-likeness (QED) is 0.729. The van der Waals surface area contributed by atoms with E-state index in [4.69, 9.17) is 0 Å². The second-order valence-corrected chi connectivity index (χ2v) is 6.00. The lowest BCUT2D eigenvalue weighted by Crippen LogP contribution is -2.14. The SMILES string of the molecule is c1ccc2c(c1)CNC2Cc1csc2ccccc12. The van der Waals surface area contributed by atoms with Crippen molar-refractivity contribution < 1.29 is 0 Å². The molecule has 1 N–H and O–H groups in total. The Morgan fingerprint density at radius 1 is 1.05 bits per heavy atom. The summed E-state index contributed by atoms with van der Waals surface area (Å²) in [6, 6.07) is 17.9. The summed E-state index contributed by atoms with van der Waals surface area (Å²) < 4.78 is 1.39. The van der Waals surface area contributed by atoms with Crippen LogP contribution in [0.25, 0.3) is 10.1 Å². The molecule has 0 saturated carbocycles. The molecule has 0 aliphatic carbocycles. The maximum absolute atomic E-state index is 3.63. The van der Waals surface area contributed by atoms with Crippen molar-refractivity contribution in [1.82, 2.24) is 5.32 Å². The third-order valence-electron chi connectivity index (χ3n) is 3.95. The third-order valence-corrected chi connectivity index (χ3v) is 4.97. The standard InChI is InChI=1S/C17H15NS/c1-2-6-14-12(5-1)10-18-16(14)9-13-11-19-17-8-4-3-7-15(13)17/h1-8,11,16,18H,9-10H2. The van der Waals surface area contributed by atoms with Gasteiger partial charge in [0, 0.05) is 17.3 Å². The van der Waals surface area contributed by atoms with Gasteiger partial charge in [-0.15, -0.1) is 11.3 Å². The van der Waals surface area contributed by atoms with Gasteiger partial charge in [-0.25, -0.2) is 0 Å². The van der Waals surface area contributed by atoms with Crippen molar-refractivity contribution in [2.24, 2.45) is 0 Å². The Morgan fingerprint density at radius 3 is 2.89 bits per heavy atom. The molecular weight excluding hydrogens is 250 g/mol. The van der Waals surface area contributed by atoms with Crippen molar-refractivity contribution in [2.75, 3.05) is 0 Å². The van der Waals surface area contributed by atoms with Gasteiger partial charge in [0.15, 0.2) is 0 Å². The monoisotopic (exact) mass is 265 g/mol. The summed E-state index contributed by atoms with van der Waals surface area (Å²) in [6.07, 6.45) is 1.08. The molecule has 1 atom stereocenters. The number of hydrogen-bond acceptors (Lipinski definition) is 2. The molecule has 1 aliphatic rings. The van der Waals surface area contributed by atoms with Gasteiger partial charge in [-0.1, -0.05) is 42.5 Å². The van der Waals surface area contributed by atoms with Crippen molar-refractivity contribution in [1.29, 1.82) is 0 Å². The summed E-state index contributed by atoms with van der Waals surface area (Å²) in [7, 11) is 0. The van der Waals surface area contributed by atoms with E-state index in [1.165, 1.54) is 26.8 Å². The lowest BCUT2D eigenvalue weighted by molar-refractivity contribution is 0.583. The third kappa shape index (κ3) is 1.88. The van der Waals surface area contributed by atoms with Crippen LogP contribution in [0.4, 0.5) is 0 Å². The fraction of sp³-hybridized carbons (Fsp3) is 0.176. The topological polar surface area (TPSA) is 12.0 Å². The maximum atomic E-state index is 3.63. The summed E-state index contributed by atoms with van der Waals surface area (Å²) in [5, 5.41) is 7.36. The molecule has 94 valence electrons. The van der Waals surface area contributed by atoms with Crippen LogP contribution in [-0.4, -0.2) is 0 Å². The van der Waals surface area contributed by atoms with Crippen LogP contribution in [0.3, 0.4) is 0 Å². The van der Waals surface area contributed by atoms with Crippen LogP contribution in [0.5, 0.6) is 0 Å². The number of fused-ring (bicyclic) bond motifs is 2. The van der Waals surface area contributed by atoms with Gasteiger partial charge in [0.05, 0.1) is 0 Å². The zero-order valence-electron chi connectivity index (χ0n) is 10.6. The molecule has 3 aromatic rings. The summed E-state index contributed by atoms with van der Waals surface area (Å²) in [5.74, 6) is 0. The molecule has 1 nitrogen and oxygen atoms in total. The summed E-state index contributed by atoms with van der Waals surface area (Å²) in [6.45, 7) is 1.00. The van der Waals surface area contributed by atoms with Crippen LogP contribution < -0.4 is 5.32 Å². The molecule has 19 heavy (non-hydrogen) atoms. The van der Waals surface area contributed by atoms with Crippen molar-refractivity contribution >= 4 is 21.4 Å². The number of benzene rings is 2. The minimum absolute atomic E-state index is 0.467. The number of nitrogens with one attached hydrogen (secondary N) is 1. The molecule has 1 aliphatic heterocycles. The van der Waals surface area contributed by atoms with E-state index in [0.717, 1.165) is 13.0 Å². The largest absolute Gasteiger partial charge is 0.306 e. The fourth-order valence-corrected chi connectivity index (χ4v) is 3.95. The Bertz CT molecular complexity index is 729. The predicted molar refractivity (Wildman–Crippen MR) is 81.6 cm³/mol. The van der Waals surface area contributed by atoms with Crippen LogP contribution in [-0.2, 0) is 13.0 Å². The van der Waals surface area contributed by atoms with E-state index < -0.39 is 0 Å². The van der Waals surface area contributed by atoms with Crippen molar-refractivity contribution in [3.8, 4) is 0 Å². The van der Waals surface area contributed by atoms with E-state index in [-0.39, 0.29) is 0 Å². The minimum atomic E-state index is 0.467. The molecule has 1 aromatic heterocycles. The number of rotatable bonds is 2. The summed E-state index contributed by atoms with van der Waals surface area (Å²) in [4.78, 5) is 0. The van der Waals surface area contributed by atoms with Gasteiger partial charge in [0.1, 0.15) is 0 Å². The van der Waals surface area contributed by atoms with Crippen LogP contribution in [0.1, 0.15) is 22.7 Å². The van der Waals surface area contributed by atoms with Gasteiger partial charge < -0.3 is 5.32 Å². The van der Waals surface area contributed by atoms with E-state index >= 15 is 0 Å². The first-order valence-electron chi connectivity index (χ1n) is 6.68. The lowest BCUT2D eigenvalue weighted by atomic mass is 9.98. The van der Waals surface area contributed by atoms with Crippen LogP contribution >= 0.6 is 11.3 Å². The van der Waals surface area contributed by atoms with Gasteiger partial charge >= 0.3 is 0 Å². The van der Waals surface area contributed by atoms with E-state index in [0.29, 0.717) is 6.04 Å². The zero-order chi connectivity index (χ0) is 12.7. The minimum Gasteiger partial charge on any atom is -0.306 e. The van der Waals surface area contributed by atoms with Crippen LogP contribution in [0, 0.1) is 0 Å². The Hall–Kier alpha value is -1.64. The van der Waals surface area contributed by atoms with Gasteiger partial charge in [0.25, 0.3) is 0 Å². The molecule has 0 amide bonds. The van der Waals surface area contributed by atoms with Crippen molar-refractivity contribution in [3.63, 3.8) is 0 Å². The van der Waals surface area contributed by atoms with E-state index in [9.17, 15) is 0 Å². The van der Waals surface area contributed by atoms with Crippen LogP contribution in [0.2, 0.25) is 0 Å². The Balaban J connectivity index is 1.70. The Kier molecular flexibility index (Phi) is 2.64. The first-order valence-corrected chi connectivity index (χ1v) is 7.56. The highest BCUT2D eigenvalue weighted by molar-refractivity contribution is 7.17. The second kappa shape index (κ2) is 4.48. The molecule has 0 spiro atoms. The fourth-order valence-electron chi connectivity index (χ4n) is 2.97. The maximum Gasteiger partial charge on any atom is 0.0367 e. The molecule has 2 heteroatoms. The average Bonchev–Trinajstić information content (AvgIpc) is 3.05. The van der Waals surface area contributed by atoms with E-state index in [1.54, 1.807) is 0 Å². The van der Waals surface area contributed by atoms with Gasteiger partial charge in [0.2, 0.25) is 0 Å². The van der Waals surface area contributed by atoms with Crippen molar-refractivity contribution in [2.45, 2.75) is 19.0 Å². The highest BCUT2D eigenvalue weighted by Crippen LogP contribution is 2.32. The first-order chi connectivity index (χ1) is 9.42. The number of hydrogen-bond donors (Lipinski definition) is 1. The molecule has 0 radical (unpaired) electrons. The molecular formula is C17H15NS. The molecule has 2 heterocycles. The lowest BCUT2D eigenvalue weighted by Gasteiger charge is -2.11. The Labute approximate surface area is 116 Å². The van der Waals surface area contributed by atoms with E-state index in [2.05, 4.69) is 59.2 Å². The zero-order valence-corrected chi connectivity index (χ0v) is 11.4. The van der Waals surface area contributed by atoms with Gasteiger partial charge in [-0.2, -0.15) is 0 Å². The van der Waals surface area contributed by atoms with Crippen molar-refractivity contribution in [3.05, 3.63) is 70.6 Å². The molecule has 0 saturated heterocycles. The summed E-state index contributed by atoms with van der Waals surface area (Å²) in [5.41, 5.74) is 4.39. The first kappa shape index (κ1) is 11.2. The average molecular weight is 265 g/mol. The number of thiophene rings is 1. The molecule has 1 unspecified atom stereocenters. The molecule has 0 bridgehead atoms. The molecule has 2 aromatic carbocycles. The van der Waals surface area contributed by atoms with Crippen LogP contribution in [0.15, 0.2) is 53.9 Å². The van der Waals surface area contributed by atoms with Gasteiger partial charge in [-0.3, -0.25) is 0 Å². The normalized spacial score (nSPS) is 17.8. The highest BCUT2D eigenvalue weighted by atomic mass is 32.1. The predicted octanol–water partition coefficient (Wildman–Crippen LogP) is 4.29. The van der Waals surface area contributed by atoms with Gasteiger partial charge in [-0.05, 0) is 39.9 Å². The molecule has 4 rings (SSSR count). The smallest absolute Gasteiger partial charge is 0.0367 e. The highest BCUT2D eigenvalue weighted by Gasteiger charge is 2.22.